The molecule has 1 aliphatic carbocycles. The van der Waals surface area contributed by atoms with Gasteiger partial charge >= 0.3 is 0 Å². The molecule has 1 aromatic rings. The third kappa shape index (κ3) is 4.20. The van der Waals surface area contributed by atoms with Crippen molar-refractivity contribution in [2.45, 2.75) is 33.1 Å². The number of nitrogens with zero attached hydrogens (tertiary/aromatic N) is 2. The molecule has 1 heterocycles. The smallest absolute Gasteiger partial charge is 0.0589 e. The van der Waals surface area contributed by atoms with E-state index in [-0.39, 0.29) is 0 Å². The van der Waals surface area contributed by atoms with Gasteiger partial charge in [-0.15, -0.1) is 0 Å². The van der Waals surface area contributed by atoms with Crippen LogP contribution in [-0.2, 0) is 4.74 Å². The van der Waals surface area contributed by atoms with Crippen LogP contribution in [0.1, 0.15) is 38.7 Å². The summed E-state index contributed by atoms with van der Waals surface area (Å²) in [4.78, 5) is 5.07. The van der Waals surface area contributed by atoms with Crippen LogP contribution in [0.2, 0.25) is 0 Å². The molecule has 0 amide bonds. The second-order valence-corrected chi connectivity index (χ2v) is 7.94. The molecular formula is C21H32N2O. The molecule has 24 heavy (non-hydrogen) atoms. The molecule has 0 aromatic heterocycles. The quantitative estimate of drug-likeness (QED) is 0.811. The van der Waals surface area contributed by atoms with Crippen molar-refractivity contribution in [1.29, 1.82) is 0 Å². The highest BCUT2D eigenvalue weighted by Crippen LogP contribution is 2.40. The van der Waals surface area contributed by atoms with Crippen molar-refractivity contribution in [3.8, 4) is 0 Å². The molecule has 1 fully saturated rings. The number of ether oxygens (including phenoxy) is 1. The molecule has 0 saturated carbocycles. The average molecular weight is 329 g/mol. The van der Waals surface area contributed by atoms with Crippen LogP contribution in [0, 0.1) is 5.41 Å². The van der Waals surface area contributed by atoms with Crippen LogP contribution in [0.3, 0.4) is 0 Å². The molecule has 3 heteroatoms. The van der Waals surface area contributed by atoms with Gasteiger partial charge in [0.05, 0.1) is 6.61 Å². The van der Waals surface area contributed by atoms with E-state index >= 15 is 0 Å². The van der Waals surface area contributed by atoms with Gasteiger partial charge in [-0.3, -0.25) is 4.90 Å². The number of allylic oxidation sites excluding steroid dienone is 2. The minimum Gasteiger partial charge on any atom is -0.383 e. The Morgan fingerprint density at radius 3 is 2.50 bits per heavy atom. The lowest BCUT2D eigenvalue weighted by atomic mass is 9.77. The normalized spacial score (nSPS) is 21.6. The fraction of sp³-hybridized carbons (Fsp3) is 0.619. The van der Waals surface area contributed by atoms with Crippen LogP contribution in [0.15, 0.2) is 30.3 Å². The zero-order chi connectivity index (χ0) is 17.0. The topological polar surface area (TPSA) is 15.7 Å². The van der Waals surface area contributed by atoms with Crippen LogP contribution in [0.5, 0.6) is 0 Å². The van der Waals surface area contributed by atoms with Gasteiger partial charge in [-0.05, 0) is 36.3 Å². The van der Waals surface area contributed by atoms with Gasteiger partial charge in [0, 0.05) is 51.1 Å². The highest BCUT2D eigenvalue weighted by atomic mass is 16.5. The number of benzene rings is 1. The first-order chi connectivity index (χ1) is 11.6. The lowest BCUT2D eigenvalue weighted by Crippen LogP contribution is -2.47. The summed E-state index contributed by atoms with van der Waals surface area (Å²) in [7, 11) is 1.78. The van der Waals surface area contributed by atoms with E-state index in [2.05, 4.69) is 54.0 Å². The fourth-order valence-electron chi connectivity index (χ4n) is 3.78. The zero-order valence-electron chi connectivity index (χ0n) is 15.6. The predicted octanol–water partition coefficient (Wildman–Crippen LogP) is 4.05. The molecule has 2 aliphatic rings. The molecule has 0 spiro atoms. The second kappa shape index (κ2) is 7.71. The third-order valence-corrected chi connectivity index (χ3v) is 5.55. The summed E-state index contributed by atoms with van der Waals surface area (Å²) >= 11 is 0. The molecular weight excluding hydrogens is 296 g/mol. The summed E-state index contributed by atoms with van der Waals surface area (Å²) in [5.41, 5.74) is 4.89. The minimum absolute atomic E-state index is 0.464. The molecule has 0 radical (unpaired) electrons. The van der Waals surface area contributed by atoms with Crippen molar-refractivity contribution in [2.75, 3.05) is 51.3 Å². The monoisotopic (exact) mass is 328 g/mol. The molecule has 3 rings (SSSR count). The van der Waals surface area contributed by atoms with Crippen molar-refractivity contribution in [2.24, 2.45) is 5.41 Å². The Hall–Kier alpha value is -1.32. The molecule has 3 nitrogen and oxygen atoms in total. The third-order valence-electron chi connectivity index (χ3n) is 5.55. The Morgan fingerprint density at radius 1 is 1.08 bits per heavy atom. The predicted molar refractivity (Wildman–Crippen MR) is 103 cm³/mol. The number of rotatable bonds is 5. The first kappa shape index (κ1) is 17.5. The Labute approximate surface area is 147 Å². The first-order valence-electron chi connectivity index (χ1n) is 9.34. The summed E-state index contributed by atoms with van der Waals surface area (Å²) < 4.78 is 5.21. The highest BCUT2D eigenvalue weighted by molar-refractivity contribution is 5.77. The summed E-state index contributed by atoms with van der Waals surface area (Å²) in [6, 6.07) is 9.00. The highest BCUT2D eigenvalue weighted by Gasteiger charge is 2.24. The van der Waals surface area contributed by atoms with E-state index in [4.69, 9.17) is 4.74 Å². The SMILES string of the molecule is COCCN1CCN(c2ccccc2C2=CCC(C)(C)CC2)CC1. The van der Waals surface area contributed by atoms with Crippen LogP contribution < -0.4 is 4.90 Å². The number of hydrogen-bond acceptors (Lipinski definition) is 3. The number of para-hydroxylation sites is 1. The molecule has 0 atom stereocenters. The molecule has 1 saturated heterocycles. The van der Waals surface area contributed by atoms with Crippen molar-refractivity contribution in [1.82, 2.24) is 4.90 Å². The molecule has 0 N–H and O–H groups in total. The maximum Gasteiger partial charge on any atom is 0.0589 e. The molecule has 1 aliphatic heterocycles. The number of piperazine rings is 1. The fourth-order valence-corrected chi connectivity index (χ4v) is 3.78. The van der Waals surface area contributed by atoms with Gasteiger partial charge in [0.2, 0.25) is 0 Å². The second-order valence-electron chi connectivity index (χ2n) is 7.94. The van der Waals surface area contributed by atoms with Gasteiger partial charge in [0.1, 0.15) is 0 Å². The Kier molecular flexibility index (Phi) is 5.62. The Bertz CT molecular complexity index is 571. The van der Waals surface area contributed by atoms with E-state index in [0.29, 0.717) is 5.41 Å². The van der Waals surface area contributed by atoms with Crippen molar-refractivity contribution in [3.63, 3.8) is 0 Å². The van der Waals surface area contributed by atoms with Gasteiger partial charge in [-0.2, -0.15) is 0 Å². The molecule has 0 unspecified atom stereocenters. The maximum atomic E-state index is 5.21. The van der Waals surface area contributed by atoms with E-state index in [0.717, 1.165) is 39.3 Å². The Morgan fingerprint density at radius 2 is 1.83 bits per heavy atom. The maximum absolute atomic E-state index is 5.21. The van der Waals surface area contributed by atoms with Gasteiger partial charge in [-0.25, -0.2) is 0 Å². The van der Waals surface area contributed by atoms with Crippen LogP contribution in [0.4, 0.5) is 5.69 Å². The van der Waals surface area contributed by atoms with Crippen molar-refractivity contribution < 1.29 is 4.74 Å². The average Bonchev–Trinajstić information content (AvgIpc) is 2.60. The van der Waals surface area contributed by atoms with Crippen LogP contribution >= 0.6 is 0 Å². The van der Waals surface area contributed by atoms with Gasteiger partial charge in [0.25, 0.3) is 0 Å². The zero-order valence-corrected chi connectivity index (χ0v) is 15.6. The summed E-state index contributed by atoms with van der Waals surface area (Å²) in [5, 5.41) is 0. The van der Waals surface area contributed by atoms with E-state index in [9.17, 15) is 0 Å². The number of anilines is 1. The van der Waals surface area contributed by atoms with Crippen molar-refractivity contribution >= 4 is 11.3 Å². The van der Waals surface area contributed by atoms with Crippen LogP contribution in [-0.4, -0.2) is 51.3 Å². The van der Waals surface area contributed by atoms with Gasteiger partial charge in [0.15, 0.2) is 0 Å². The van der Waals surface area contributed by atoms with E-state index in [1.807, 2.05) is 0 Å². The Balaban J connectivity index is 1.71. The minimum atomic E-state index is 0.464. The summed E-state index contributed by atoms with van der Waals surface area (Å²) in [6.07, 6.45) is 6.18. The van der Waals surface area contributed by atoms with Gasteiger partial charge in [-0.1, -0.05) is 38.1 Å². The van der Waals surface area contributed by atoms with Crippen molar-refractivity contribution in [3.05, 3.63) is 35.9 Å². The van der Waals surface area contributed by atoms with E-state index in [1.165, 1.54) is 30.5 Å². The van der Waals surface area contributed by atoms with Gasteiger partial charge < -0.3 is 9.64 Å². The van der Waals surface area contributed by atoms with E-state index in [1.54, 1.807) is 12.7 Å². The summed E-state index contributed by atoms with van der Waals surface area (Å²) in [6.45, 7) is 11.1. The summed E-state index contributed by atoms with van der Waals surface area (Å²) in [5.74, 6) is 0. The molecule has 0 bridgehead atoms. The lowest BCUT2D eigenvalue weighted by molar-refractivity contribution is 0.144. The molecule has 1 aromatic carbocycles. The van der Waals surface area contributed by atoms with E-state index < -0.39 is 0 Å². The largest absolute Gasteiger partial charge is 0.383 e. The standard InChI is InChI=1S/C21H32N2O/c1-21(2)10-8-18(9-11-21)19-6-4-5-7-20(19)23-14-12-22(13-15-23)16-17-24-3/h4-8H,9-17H2,1-3H3. The molecule has 132 valence electrons. The van der Waals surface area contributed by atoms with Crippen LogP contribution in [0.25, 0.3) is 5.57 Å². The lowest BCUT2D eigenvalue weighted by Gasteiger charge is -2.37. The number of hydrogen-bond donors (Lipinski definition) is 0. The first-order valence-corrected chi connectivity index (χ1v) is 9.34. The number of methoxy groups -OCH3 is 1.